The number of nitrogens with one attached hydrogen (secondary N) is 1. The molecule has 0 atom stereocenters. The fourth-order valence-electron chi connectivity index (χ4n) is 2.51. The van der Waals surface area contributed by atoms with E-state index in [4.69, 9.17) is 10.5 Å². The van der Waals surface area contributed by atoms with E-state index in [-0.39, 0.29) is 0 Å². The minimum Gasteiger partial charge on any atom is -0.453 e. The predicted molar refractivity (Wildman–Crippen MR) is 83.5 cm³/mol. The van der Waals surface area contributed by atoms with Gasteiger partial charge in [0.2, 0.25) is 0 Å². The molecule has 1 aliphatic rings. The number of benzene rings is 2. The van der Waals surface area contributed by atoms with Gasteiger partial charge < -0.3 is 15.8 Å². The Morgan fingerprint density at radius 3 is 2.48 bits per heavy atom. The van der Waals surface area contributed by atoms with E-state index in [1.807, 2.05) is 37.3 Å². The first-order valence-electron chi connectivity index (χ1n) is 7.17. The number of hydrogen-bond donors (Lipinski definition) is 2. The maximum Gasteiger partial charge on any atom is 0.250 e. The molecular formula is C17H18N2O2. The second-order valence-electron chi connectivity index (χ2n) is 5.15. The van der Waals surface area contributed by atoms with Crippen molar-refractivity contribution >= 4 is 17.3 Å². The molecule has 0 fully saturated rings. The number of amides is 1. The zero-order valence-electron chi connectivity index (χ0n) is 12.2. The first-order chi connectivity index (χ1) is 10.1. The van der Waals surface area contributed by atoms with Crippen LogP contribution in [0.4, 0.5) is 11.4 Å². The van der Waals surface area contributed by atoms with Crippen LogP contribution in [0.5, 0.6) is 11.5 Å². The molecule has 21 heavy (non-hydrogen) atoms. The zero-order valence-corrected chi connectivity index (χ0v) is 12.2. The van der Waals surface area contributed by atoms with E-state index >= 15 is 0 Å². The number of rotatable bonds is 3. The van der Waals surface area contributed by atoms with E-state index in [9.17, 15) is 4.79 Å². The average molecular weight is 282 g/mol. The molecule has 0 aliphatic carbocycles. The normalized spacial score (nSPS) is 11.9. The Morgan fingerprint density at radius 2 is 1.81 bits per heavy atom. The molecule has 0 unspecified atom stereocenters. The summed E-state index contributed by atoms with van der Waals surface area (Å²) in [5.74, 6) is 0.987. The molecule has 0 saturated heterocycles. The number of fused-ring (bicyclic) bond motifs is 2. The molecule has 0 saturated carbocycles. The fraction of sp³-hybridized carbons (Fsp3) is 0.235. The lowest BCUT2D eigenvalue weighted by Gasteiger charge is -2.24. The van der Waals surface area contributed by atoms with Crippen LogP contribution in [-0.2, 0) is 12.8 Å². The summed E-state index contributed by atoms with van der Waals surface area (Å²) in [5.41, 5.74) is 9.70. The monoisotopic (exact) mass is 282 g/mol. The summed E-state index contributed by atoms with van der Waals surface area (Å²) >= 11 is 0. The highest BCUT2D eigenvalue weighted by Gasteiger charge is 2.22. The van der Waals surface area contributed by atoms with Gasteiger partial charge in [-0.2, -0.15) is 0 Å². The Morgan fingerprint density at radius 1 is 1.10 bits per heavy atom. The Hall–Kier alpha value is -2.49. The first kappa shape index (κ1) is 13.5. The third-order valence-electron chi connectivity index (χ3n) is 3.77. The number of carbonyl (C=O) groups excluding carboxylic acids is 1. The summed E-state index contributed by atoms with van der Waals surface area (Å²) in [6.45, 7) is 4.14. The predicted octanol–water partition coefficient (Wildman–Crippen LogP) is 3.76. The molecule has 0 radical (unpaired) electrons. The van der Waals surface area contributed by atoms with Crippen LogP contribution in [0.3, 0.4) is 0 Å². The van der Waals surface area contributed by atoms with Crippen molar-refractivity contribution < 1.29 is 9.53 Å². The number of nitrogens with two attached hydrogens (primary N) is 1. The maximum absolute atomic E-state index is 11.7. The molecule has 2 aromatic rings. The van der Waals surface area contributed by atoms with Gasteiger partial charge in [0.05, 0.1) is 16.9 Å². The van der Waals surface area contributed by atoms with Gasteiger partial charge in [-0.1, -0.05) is 19.9 Å². The molecule has 0 spiro atoms. The van der Waals surface area contributed by atoms with Crippen LogP contribution < -0.4 is 15.8 Å². The molecule has 4 nitrogen and oxygen atoms in total. The van der Waals surface area contributed by atoms with Gasteiger partial charge in [0, 0.05) is 0 Å². The van der Waals surface area contributed by atoms with Crippen LogP contribution in [0, 0.1) is 0 Å². The molecule has 1 amide bonds. The third kappa shape index (κ3) is 2.33. The van der Waals surface area contributed by atoms with Crippen LogP contribution in [0.25, 0.3) is 0 Å². The van der Waals surface area contributed by atoms with E-state index in [1.165, 1.54) is 5.56 Å². The topological polar surface area (TPSA) is 64.3 Å². The molecule has 108 valence electrons. The summed E-state index contributed by atoms with van der Waals surface area (Å²) in [4.78, 5) is 11.7. The second-order valence-corrected chi connectivity index (χ2v) is 5.15. The van der Waals surface area contributed by atoms with Gasteiger partial charge in [-0.05, 0) is 48.2 Å². The number of aryl methyl sites for hydroxylation is 2. The molecule has 3 N–H and O–H groups in total. The first-order valence-corrected chi connectivity index (χ1v) is 7.17. The molecule has 1 aliphatic heterocycles. The van der Waals surface area contributed by atoms with E-state index in [0.29, 0.717) is 17.0 Å². The van der Waals surface area contributed by atoms with Gasteiger partial charge in [-0.25, -0.2) is 0 Å². The summed E-state index contributed by atoms with van der Waals surface area (Å²) in [7, 11) is 0. The Bertz CT molecular complexity index is 723. The summed E-state index contributed by atoms with van der Waals surface area (Å²) in [6.07, 6.45) is 1.77. The minimum atomic E-state index is -0.453. The SMILES string of the molecule is CCc1ccc2c(c1)Oc1cc(CC)cc(C(N)=O)c1N2. The van der Waals surface area contributed by atoms with Crippen molar-refractivity contribution in [3.8, 4) is 11.5 Å². The molecule has 0 aromatic heterocycles. The lowest BCUT2D eigenvalue weighted by Crippen LogP contribution is -2.16. The highest BCUT2D eigenvalue weighted by atomic mass is 16.5. The van der Waals surface area contributed by atoms with E-state index in [1.54, 1.807) is 0 Å². The number of ether oxygens (including phenoxy) is 1. The molecule has 2 aromatic carbocycles. The Balaban J connectivity index is 2.11. The highest BCUT2D eigenvalue weighted by molar-refractivity contribution is 6.02. The van der Waals surface area contributed by atoms with Crippen molar-refractivity contribution in [2.24, 2.45) is 5.73 Å². The fourth-order valence-corrected chi connectivity index (χ4v) is 2.51. The van der Waals surface area contributed by atoms with Crippen LogP contribution in [0.1, 0.15) is 35.3 Å². The van der Waals surface area contributed by atoms with Crippen molar-refractivity contribution in [1.29, 1.82) is 0 Å². The summed E-state index contributed by atoms with van der Waals surface area (Å²) < 4.78 is 5.98. The minimum absolute atomic E-state index is 0.453. The largest absolute Gasteiger partial charge is 0.453 e. The Kier molecular flexibility index (Phi) is 3.29. The van der Waals surface area contributed by atoms with Crippen LogP contribution in [-0.4, -0.2) is 5.91 Å². The van der Waals surface area contributed by atoms with Crippen molar-refractivity contribution in [3.05, 3.63) is 47.0 Å². The van der Waals surface area contributed by atoms with Crippen molar-refractivity contribution in [2.75, 3.05) is 5.32 Å². The smallest absolute Gasteiger partial charge is 0.250 e. The van der Waals surface area contributed by atoms with Crippen LogP contribution >= 0.6 is 0 Å². The number of hydrogen-bond acceptors (Lipinski definition) is 3. The molecule has 4 heteroatoms. The third-order valence-corrected chi connectivity index (χ3v) is 3.77. The molecular weight excluding hydrogens is 264 g/mol. The standard InChI is InChI=1S/C17H18N2O2/c1-3-10-5-6-13-14(8-10)21-15-9-11(4-2)7-12(17(18)20)16(15)19-13/h5-9,19H,3-4H2,1-2H3,(H2,18,20). The number of carbonyl (C=O) groups is 1. The van der Waals surface area contributed by atoms with E-state index in [2.05, 4.69) is 12.2 Å². The summed E-state index contributed by atoms with van der Waals surface area (Å²) in [6, 6.07) is 9.81. The summed E-state index contributed by atoms with van der Waals surface area (Å²) in [5, 5.41) is 3.27. The van der Waals surface area contributed by atoms with Crippen molar-refractivity contribution in [1.82, 2.24) is 0 Å². The second kappa shape index (κ2) is 5.13. The quantitative estimate of drug-likeness (QED) is 0.768. The highest BCUT2D eigenvalue weighted by Crippen LogP contribution is 2.44. The van der Waals surface area contributed by atoms with Gasteiger partial charge in [-0.15, -0.1) is 0 Å². The Labute approximate surface area is 123 Å². The van der Waals surface area contributed by atoms with Crippen molar-refractivity contribution in [2.45, 2.75) is 26.7 Å². The number of primary amides is 1. The average Bonchev–Trinajstić information content (AvgIpc) is 2.50. The van der Waals surface area contributed by atoms with Crippen LogP contribution in [0.15, 0.2) is 30.3 Å². The van der Waals surface area contributed by atoms with Gasteiger partial charge >= 0.3 is 0 Å². The molecule has 3 rings (SSSR count). The lowest BCUT2D eigenvalue weighted by atomic mass is 10.0. The lowest BCUT2D eigenvalue weighted by molar-refractivity contribution is 0.100. The zero-order chi connectivity index (χ0) is 15.0. The van der Waals surface area contributed by atoms with Gasteiger partial charge in [0.1, 0.15) is 0 Å². The van der Waals surface area contributed by atoms with Gasteiger partial charge in [-0.3, -0.25) is 4.79 Å². The van der Waals surface area contributed by atoms with Crippen LogP contribution in [0.2, 0.25) is 0 Å². The maximum atomic E-state index is 11.7. The van der Waals surface area contributed by atoms with Crippen molar-refractivity contribution in [3.63, 3.8) is 0 Å². The van der Waals surface area contributed by atoms with Gasteiger partial charge in [0.25, 0.3) is 5.91 Å². The van der Waals surface area contributed by atoms with E-state index < -0.39 is 5.91 Å². The molecule has 0 bridgehead atoms. The number of anilines is 2. The van der Waals surface area contributed by atoms with Gasteiger partial charge in [0.15, 0.2) is 11.5 Å². The van der Waals surface area contributed by atoms with E-state index in [0.717, 1.165) is 29.8 Å². The molecule has 1 heterocycles.